The van der Waals surface area contributed by atoms with Gasteiger partial charge in [0.15, 0.2) is 0 Å². The van der Waals surface area contributed by atoms with Crippen LogP contribution in [0.4, 0.5) is 0 Å². The zero-order chi connectivity index (χ0) is 21.3. The fourth-order valence-corrected chi connectivity index (χ4v) is 7.38. The third-order valence-corrected chi connectivity index (χ3v) is 9.11. The van der Waals surface area contributed by atoms with Crippen LogP contribution < -0.4 is 10.6 Å². The molecule has 0 N–H and O–H groups in total. The quantitative estimate of drug-likeness (QED) is 0.308. The topological polar surface area (TPSA) is 20.3 Å². The fraction of sp³-hybridized carbons (Fsp3) is 0.0714. The van der Waals surface area contributed by atoms with Crippen LogP contribution in [0, 0.1) is 0 Å². The van der Waals surface area contributed by atoms with Crippen molar-refractivity contribution in [3.8, 4) is 0 Å². The summed E-state index contributed by atoms with van der Waals surface area (Å²) in [6.45, 7) is 0.602. The number of fused-ring (bicyclic) bond motifs is 2. The van der Waals surface area contributed by atoms with Gasteiger partial charge in [0.2, 0.25) is 7.29 Å². The molecule has 0 amide bonds. The Labute approximate surface area is 183 Å². The molecule has 0 bridgehead atoms. The number of hydrogen-bond acceptors (Lipinski definition) is 1. The van der Waals surface area contributed by atoms with E-state index in [1.807, 2.05) is 78.4 Å². The van der Waals surface area contributed by atoms with Gasteiger partial charge in [0, 0.05) is 17.2 Å². The maximum atomic E-state index is 15.3. The van der Waals surface area contributed by atoms with Crippen molar-refractivity contribution in [3.63, 3.8) is 0 Å². The summed E-state index contributed by atoms with van der Waals surface area (Å²) in [7, 11) is -1.15. The first-order valence-electron chi connectivity index (χ1n) is 10.5. The van der Waals surface area contributed by atoms with E-state index in [-0.39, 0.29) is 0 Å². The molecular weight excluding hydrogens is 397 g/mol. The lowest BCUT2D eigenvalue weighted by atomic mass is 10.1. The van der Waals surface area contributed by atoms with Crippen molar-refractivity contribution in [3.05, 3.63) is 121 Å². The van der Waals surface area contributed by atoms with Crippen LogP contribution in [-0.2, 0) is 11.1 Å². The summed E-state index contributed by atoms with van der Waals surface area (Å²) >= 11 is 0. The Morgan fingerprint density at radius 2 is 1.03 bits per heavy atom. The molecule has 0 aliphatic heterocycles. The van der Waals surface area contributed by atoms with E-state index in [1.54, 1.807) is 0 Å². The summed E-state index contributed by atoms with van der Waals surface area (Å²) in [6.07, 6.45) is 0. The van der Waals surface area contributed by atoms with Gasteiger partial charge in [0.1, 0.15) is 0 Å². The Morgan fingerprint density at radius 1 is 0.581 bits per heavy atom. The van der Waals surface area contributed by atoms with Crippen molar-refractivity contribution < 1.29 is 4.57 Å². The van der Waals surface area contributed by atoms with Gasteiger partial charge in [-0.25, -0.2) is 4.67 Å². The predicted octanol–water partition coefficient (Wildman–Crippen LogP) is 6.35. The third kappa shape index (κ3) is 3.49. The number of nitrogens with zero attached hydrogens (tertiary/aromatic N) is 1. The van der Waals surface area contributed by atoms with Gasteiger partial charge < -0.3 is 0 Å². The summed E-state index contributed by atoms with van der Waals surface area (Å²) in [6, 6.07) is 39.0. The molecule has 0 saturated carbocycles. The first-order chi connectivity index (χ1) is 15.2. The molecule has 31 heavy (non-hydrogen) atoms. The molecule has 0 radical (unpaired) electrons. The van der Waals surface area contributed by atoms with E-state index in [4.69, 9.17) is 0 Å². The molecule has 5 aromatic rings. The van der Waals surface area contributed by atoms with Gasteiger partial charge in [-0.2, -0.15) is 0 Å². The molecule has 0 spiro atoms. The molecule has 0 atom stereocenters. The highest BCUT2D eigenvalue weighted by Crippen LogP contribution is 2.50. The minimum atomic E-state index is -3.14. The molecular formula is C28H24NOP. The van der Waals surface area contributed by atoms with Crippen LogP contribution in [0.1, 0.15) is 5.56 Å². The molecule has 0 unspecified atom stereocenters. The highest BCUT2D eigenvalue weighted by molar-refractivity contribution is 7.77. The molecule has 0 aliphatic rings. The van der Waals surface area contributed by atoms with E-state index >= 15 is 4.57 Å². The zero-order valence-electron chi connectivity index (χ0n) is 17.5. The van der Waals surface area contributed by atoms with E-state index in [9.17, 15) is 0 Å². The lowest BCUT2D eigenvalue weighted by Gasteiger charge is -2.31. The van der Waals surface area contributed by atoms with Gasteiger partial charge in [-0.3, -0.25) is 4.57 Å². The Kier molecular flexibility index (Phi) is 5.19. The van der Waals surface area contributed by atoms with Crippen LogP contribution in [0.3, 0.4) is 0 Å². The van der Waals surface area contributed by atoms with Crippen molar-refractivity contribution in [2.24, 2.45) is 0 Å². The predicted molar refractivity (Wildman–Crippen MR) is 133 cm³/mol. The maximum Gasteiger partial charge on any atom is 0.208 e. The van der Waals surface area contributed by atoms with Crippen LogP contribution in [0.2, 0.25) is 0 Å². The number of hydrogen-bond donors (Lipinski definition) is 0. The Morgan fingerprint density at radius 3 is 1.58 bits per heavy atom. The van der Waals surface area contributed by atoms with Crippen LogP contribution in [-0.4, -0.2) is 11.7 Å². The van der Waals surface area contributed by atoms with Crippen molar-refractivity contribution in [2.45, 2.75) is 6.54 Å². The normalized spacial score (nSPS) is 11.9. The van der Waals surface area contributed by atoms with Crippen molar-refractivity contribution in [1.82, 2.24) is 4.67 Å². The molecule has 0 aliphatic carbocycles. The maximum absolute atomic E-state index is 15.3. The van der Waals surface area contributed by atoms with E-state index in [0.717, 1.165) is 37.7 Å². The number of benzene rings is 5. The number of rotatable bonds is 5. The second-order valence-corrected chi connectivity index (χ2v) is 10.7. The molecule has 3 heteroatoms. The molecule has 0 aromatic heterocycles. The van der Waals surface area contributed by atoms with Crippen LogP contribution in [0.5, 0.6) is 0 Å². The van der Waals surface area contributed by atoms with E-state index in [0.29, 0.717) is 6.54 Å². The average Bonchev–Trinajstić information content (AvgIpc) is 2.83. The Bertz CT molecular complexity index is 1320. The lowest BCUT2D eigenvalue weighted by molar-refractivity contribution is 0.481. The minimum absolute atomic E-state index is 0.602. The van der Waals surface area contributed by atoms with Gasteiger partial charge >= 0.3 is 0 Å². The van der Waals surface area contributed by atoms with Gasteiger partial charge in [-0.1, -0.05) is 103 Å². The van der Waals surface area contributed by atoms with Gasteiger partial charge in [0.25, 0.3) is 0 Å². The summed E-state index contributed by atoms with van der Waals surface area (Å²) in [5.41, 5.74) is 1.14. The first kappa shape index (κ1) is 19.8. The first-order valence-corrected chi connectivity index (χ1v) is 12.2. The van der Waals surface area contributed by atoms with Crippen LogP contribution >= 0.6 is 7.29 Å². The fourth-order valence-electron chi connectivity index (χ4n) is 4.39. The van der Waals surface area contributed by atoms with Gasteiger partial charge in [-0.05, 0) is 46.3 Å². The van der Waals surface area contributed by atoms with Crippen molar-refractivity contribution in [1.29, 1.82) is 0 Å². The summed E-state index contributed by atoms with van der Waals surface area (Å²) in [5, 5.41) is 6.07. The smallest absolute Gasteiger partial charge is 0.208 e. The van der Waals surface area contributed by atoms with Gasteiger partial charge in [-0.15, -0.1) is 0 Å². The lowest BCUT2D eigenvalue weighted by Crippen LogP contribution is -2.30. The Hall–Kier alpha value is -3.19. The minimum Gasteiger partial charge on any atom is -0.296 e. The van der Waals surface area contributed by atoms with E-state index in [2.05, 4.69) is 48.5 Å². The molecule has 5 rings (SSSR count). The molecule has 0 saturated heterocycles. The average molecular weight is 421 g/mol. The van der Waals surface area contributed by atoms with Crippen molar-refractivity contribution in [2.75, 3.05) is 7.05 Å². The second-order valence-electron chi connectivity index (χ2n) is 7.87. The summed E-state index contributed by atoms with van der Waals surface area (Å²) < 4.78 is 17.3. The van der Waals surface area contributed by atoms with Crippen molar-refractivity contribution >= 4 is 39.4 Å². The van der Waals surface area contributed by atoms with Crippen LogP contribution in [0.25, 0.3) is 21.5 Å². The SMILES string of the molecule is CN(Cc1ccccc1)P(=O)(c1cccc2ccccc12)c1cccc2ccccc12. The molecule has 2 nitrogen and oxygen atoms in total. The van der Waals surface area contributed by atoms with E-state index < -0.39 is 7.29 Å². The third-order valence-electron chi connectivity index (χ3n) is 5.92. The largest absolute Gasteiger partial charge is 0.296 e. The highest BCUT2D eigenvalue weighted by atomic mass is 31.2. The van der Waals surface area contributed by atoms with E-state index in [1.165, 1.54) is 0 Å². The molecule has 5 aromatic carbocycles. The molecule has 0 fully saturated rings. The van der Waals surface area contributed by atoms with Crippen LogP contribution in [0.15, 0.2) is 115 Å². The zero-order valence-corrected chi connectivity index (χ0v) is 18.4. The molecule has 0 heterocycles. The highest BCUT2D eigenvalue weighted by Gasteiger charge is 2.35. The second kappa shape index (κ2) is 8.15. The summed E-state index contributed by atoms with van der Waals surface area (Å²) in [5.74, 6) is 0. The monoisotopic (exact) mass is 421 g/mol. The Balaban J connectivity index is 1.79. The van der Waals surface area contributed by atoms with Gasteiger partial charge in [0.05, 0.1) is 0 Å². The standard InChI is InChI=1S/C28H24NOP/c1-29(21-22-11-3-2-4-12-22)31(30,27-19-9-15-23-13-5-7-17-25(23)27)28-20-10-16-24-14-6-8-18-26(24)28/h2-20H,21H2,1H3. The summed E-state index contributed by atoms with van der Waals surface area (Å²) in [4.78, 5) is 0. The molecule has 152 valence electrons.